The average Bonchev–Trinajstić information content (AvgIpc) is 2.56. The van der Waals surface area contributed by atoms with Crippen LogP contribution in [0.15, 0.2) is 18.2 Å². The lowest BCUT2D eigenvalue weighted by Gasteiger charge is -2.32. The van der Waals surface area contributed by atoms with Crippen molar-refractivity contribution in [2.24, 2.45) is 0 Å². The van der Waals surface area contributed by atoms with Crippen LogP contribution in [0.4, 0.5) is 10.1 Å². The van der Waals surface area contributed by atoms with Crippen molar-refractivity contribution in [3.8, 4) is 0 Å². The molecule has 3 heteroatoms. The molecule has 2 atom stereocenters. The van der Waals surface area contributed by atoms with Gasteiger partial charge in [0.25, 0.3) is 0 Å². The van der Waals surface area contributed by atoms with Gasteiger partial charge in [0.15, 0.2) is 0 Å². The number of hydrogen-bond acceptors (Lipinski definition) is 2. The zero-order chi connectivity index (χ0) is 10.4. The van der Waals surface area contributed by atoms with Crippen LogP contribution >= 0.6 is 0 Å². The lowest BCUT2D eigenvalue weighted by molar-refractivity contribution is 0.243. The molecule has 2 heterocycles. The molecule has 2 aliphatic heterocycles. The Morgan fingerprint density at radius 3 is 3.20 bits per heavy atom. The first-order chi connectivity index (χ1) is 7.24. The molecule has 2 nitrogen and oxygen atoms in total. The lowest BCUT2D eigenvalue weighted by Crippen LogP contribution is -2.39. The maximum atomic E-state index is 13.2. The molecule has 80 valence electrons. The fourth-order valence-electron chi connectivity index (χ4n) is 2.77. The molecule has 1 aromatic carbocycles. The van der Waals surface area contributed by atoms with Crippen molar-refractivity contribution in [3.63, 3.8) is 0 Å². The number of halogens is 1. The summed E-state index contributed by atoms with van der Waals surface area (Å²) in [6.45, 7) is 2.17. The second-order valence-electron chi connectivity index (χ2n) is 4.64. The van der Waals surface area contributed by atoms with Crippen LogP contribution in [0.1, 0.15) is 17.9 Å². The van der Waals surface area contributed by atoms with Gasteiger partial charge in [-0.2, -0.15) is 0 Å². The van der Waals surface area contributed by atoms with Crippen molar-refractivity contribution in [3.05, 3.63) is 29.6 Å². The van der Waals surface area contributed by atoms with Gasteiger partial charge in [0, 0.05) is 24.2 Å². The number of rotatable bonds is 0. The fourth-order valence-corrected chi connectivity index (χ4v) is 2.77. The summed E-state index contributed by atoms with van der Waals surface area (Å²) in [6, 6.07) is 5.60. The first-order valence-corrected chi connectivity index (χ1v) is 5.48. The van der Waals surface area contributed by atoms with Crippen LogP contribution in [0.25, 0.3) is 0 Å². The zero-order valence-electron chi connectivity index (χ0n) is 8.83. The number of nitrogens with one attached hydrogen (secondary N) is 1. The molecule has 0 aromatic heterocycles. The van der Waals surface area contributed by atoms with Crippen LogP contribution in [0, 0.1) is 5.82 Å². The molecule has 2 aliphatic rings. The topological polar surface area (TPSA) is 15.3 Å². The van der Waals surface area contributed by atoms with E-state index in [1.807, 2.05) is 6.07 Å². The van der Waals surface area contributed by atoms with E-state index in [-0.39, 0.29) is 5.82 Å². The Balaban J connectivity index is 1.98. The summed E-state index contributed by atoms with van der Waals surface area (Å²) < 4.78 is 13.2. The second kappa shape index (κ2) is 3.20. The number of nitrogens with zero attached hydrogens (tertiary/aromatic N) is 1. The summed E-state index contributed by atoms with van der Waals surface area (Å²) in [5.74, 6) is 0.346. The molecule has 15 heavy (non-hydrogen) atoms. The molecule has 0 bridgehead atoms. The minimum atomic E-state index is -0.121. The van der Waals surface area contributed by atoms with E-state index in [0.717, 1.165) is 30.8 Å². The van der Waals surface area contributed by atoms with Crippen molar-refractivity contribution in [2.45, 2.75) is 18.4 Å². The van der Waals surface area contributed by atoms with Gasteiger partial charge in [0.1, 0.15) is 5.82 Å². The molecule has 1 N–H and O–H groups in total. The third-order valence-corrected chi connectivity index (χ3v) is 3.57. The largest absolute Gasteiger partial charge is 0.381 e. The third-order valence-electron chi connectivity index (χ3n) is 3.57. The smallest absolute Gasteiger partial charge is 0.123 e. The Hall–Kier alpha value is -1.09. The van der Waals surface area contributed by atoms with Crippen LogP contribution in [-0.4, -0.2) is 31.1 Å². The molecule has 0 amide bonds. The minimum absolute atomic E-state index is 0.121. The normalized spacial score (nSPS) is 29.5. The fraction of sp³-hybridized carbons (Fsp3) is 0.500. The first kappa shape index (κ1) is 9.16. The molecule has 0 spiro atoms. The maximum absolute atomic E-state index is 13.2. The van der Waals surface area contributed by atoms with Gasteiger partial charge in [-0.3, -0.25) is 0 Å². The SMILES string of the molecule is CN1CCC2Nc3ccc(F)cc3C2C1. The van der Waals surface area contributed by atoms with Gasteiger partial charge in [0.05, 0.1) is 0 Å². The summed E-state index contributed by atoms with van der Waals surface area (Å²) in [4.78, 5) is 2.32. The highest BCUT2D eigenvalue weighted by molar-refractivity contribution is 5.59. The highest BCUT2D eigenvalue weighted by atomic mass is 19.1. The van der Waals surface area contributed by atoms with E-state index in [9.17, 15) is 4.39 Å². The summed E-state index contributed by atoms with van der Waals surface area (Å²) >= 11 is 0. The van der Waals surface area contributed by atoms with Crippen molar-refractivity contribution in [2.75, 3.05) is 25.5 Å². The summed E-state index contributed by atoms with van der Waals surface area (Å²) in [6.07, 6.45) is 1.15. The minimum Gasteiger partial charge on any atom is -0.381 e. The van der Waals surface area contributed by atoms with Gasteiger partial charge in [-0.05, 0) is 43.8 Å². The summed E-state index contributed by atoms with van der Waals surface area (Å²) in [7, 11) is 2.13. The third kappa shape index (κ3) is 1.42. The first-order valence-electron chi connectivity index (χ1n) is 5.48. The number of benzene rings is 1. The van der Waals surface area contributed by atoms with Crippen LogP contribution < -0.4 is 5.32 Å². The van der Waals surface area contributed by atoms with Crippen LogP contribution in [0.3, 0.4) is 0 Å². The van der Waals surface area contributed by atoms with Gasteiger partial charge >= 0.3 is 0 Å². The molecule has 1 aromatic rings. The number of fused-ring (bicyclic) bond motifs is 3. The standard InChI is InChI=1S/C12H15FN2/c1-15-5-4-12-10(7-15)9-6-8(13)2-3-11(9)14-12/h2-3,6,10,12,14H,4-5,7H2,1H3. The van der Waals surface area contributed by atoms with Crippen LogP contribution in [0.2, 0.25) is 0 Å². The highest BCUT2D eigenvalue weighted by Gasteiger charge is 2.35. The molecule has 0 aliphatic carbocycles. The summed E-state index contributed by atoms with van der Waals surface area (Å²) in [5, 5.41) is 3.49. The Bertz CT molecular complexity index is 391. The van der Waals surface area contributed by atoms with Crippen LogP contribution in [-0.2, 0) is 0 Å². The predicted molar refractivity (Wildman–Crippen MR) is 58.7 cm³/mol. The lowest BCUT2D eigenvalue weighted by atomic mass is 9.90. The Kier molecular flexibility index (Phi) is 1.96. The van der Waals surface area contributed by atoms with Gasteiger partial charge < -0.3 is 10.2 Å². The number of likely N-dealkylation sites (N-methyl/N-ethyl adjacent to an activating group) is 1. The van der Waals surface area contributed by atoms with E-state index in [1.165, 1.54) is 6.07 Å². The second-order valence-corrected chi connectivity index (χ2v) is 4.64. The van der Waals surface area contributed by atoms with Crippen LogP contribution in [0.5, 0.6) is 0 Å². The van der Waals surface area contributed by atoms with E-state index in [2.05, 4.69) is 17.3 Å². The van der Waals surface area contributed by atoms with Crippen molar-refractivity contribution in [1.82, 2.24) is 4.90 Å². The monoisotopic (exact) mass is 206 g/mol. The van der Waals surface area contributed by atoms with E-state index in [4.69, 9.17) is 0 Å². The number of hydrogen-bond donors (Lipinski definition) is 1. The Morgan fingerprint density at radius 2 is 2.33 bits per heavy atom. The van der Waals surface area contributed by atoms with Crippen molar-refractivity contribution < 1.29 is 4.39 Å². The van der Waals surface area contributed by atoms with E-state index in [1.54, 1.807) is 6.07 Å². The highest BCUT2D eigenvalue weighted by Crippen LogP contribution is 2.39. The quantitative estimate of drug-likeness (QED) is 0.698. The summed E-state index contributed by atoms with van der Waals surface area (Å²) in [5.41, 5.74) is 2.29. The molecule has 2 unspecified atom stereocenters. The van der Waals surface area contributed by atoms with Crippen molar-refractivity contribution in [1.29, 1.82) is 0 Å². The predicted octanol–water partition coefficient (Wildman–Crippen LogP) is 2.04. The van der Waals surface area contributed by atoms with E-state index in [0.29, 0.717) is 12.0 Å². The molecule has 1 fully saturated rings. The molecule has 1 saturated heterocycles. The average molecular weight is 206 g/mol. The number of likely N-dealkylation sites (tertiary alicyclic amines) is 1. The van der Waals surface area contributed by atoms with Gasteiger partial charge in [-0.1, -0.05) is 0 Å². The maximum Gasteiger partial charge on any atom is 0.123 e. The molecule has 3 rings (SSSR count). The van der Waals surface area contributed by atoms with E-state index < -0.39 is 0 Å². The number of piperidine rings is 1. The van der Waals surface area contributed by atoms with Gasteiger partial charge in [0.2, 0.25) is 0 Å². The molecular formula is C12H15FN2. The Labute approximate surface area is 89.1 Å². The zero-order valence-corrected chi connectivity index (χ0v) is 8.83. The number of anilines is 1. The van der Waals surface area contributed by atoms with Crippen molar-refractivity contribution >= 4 is 5.69 Å². The Morgan fingerprint density at radius 1 is 1.47 bits per heavy atom. The molecule has 0 radical (unpaired) electrons. The van der Waals surface area contributed by atoms with Gasteiger partial charge in [-0.25, -0.2) is 4.39 Å². The van der Waals surface area contributed by atoms with Gasteiger partial charge in [-0.15, -0.1) is 0 Å². The molecular weight excluding hydrogens is 191 g/mol. The van der Waals surface area contributed by atoms with E-state index >= 15 is 0 Å². The molecule has 0 saturated carbocycles.